The van der Waals surface area contributed by atoms with Gasteiger partial charge in [-0.05, 0) is 29.8 Å². The number of ether oxygens (including phenoxy) is 1. The predicted molar refractivity (Wildman–Crippen MR) is 62.5 cm³/mol. The van der Waals surface area contributed by atoms with Gasteiger partial charge in [-0.3, -0.25) is 4.79 Å². The molecule has 0 heterocycles. The second kappa shape index (κ2) is 5.40. The maximum Gasteiger partial charge on any atom is 0.153 e. The molecule has 0 spiro atoms. The first-order valence-corrected chi connectivity index (χ1v) is 5.31. The summed E-state index contributed by atoms with van der Waals surface area (Å²) in [6.07, 6.45) is 0.668. The lowest BCUT2D eigenvalue weighted by Crippen LogP contribution is -1.99. The van der Waals surface area contributed by atoms with Gasteiger partial charge in [0.15, 0.2) is 6.29 Å². The molecule has 0 fully saturated rings. The summed E-state index contributed by atoms with van der Waals surface area (Å²) < 4.78 is 31.3. The molecular formula is C14H10F2O2. The first-order valence-electron chi connectivity index (χ1n) is 5.31. The van der Waals surface area contributed by atoms with Crippen molar-refractivity contribution in [1.82, 2.24) is 0 Å². The molecule has 2 nitrogen and oxygen atoms in total. The van der Waals surface area contributed by atoms with E-state index in [2.05, 4.69) is 0 Å². The zero-order valence-electron chi connectivity index (χ0n) is 9.40. The van der Waals surface area contributed by atoms with Gasteiger partial charge in [0.05, 0.1) is 5.56 Å². The number of hydrogen-bond acceptors (Lipinski definition) is 2. The Morgan fingerprint density at radius 1 is 1.06 bits per heavy atom. The van der Waals surface area contributed by atoms with Crippen LogP contribution < -0.4 is 4.74 Å². The molecule has 2 aromatic rings. The molecule has 0 aliphatic carbocycles. The average molecular weight is 248 g/mol. The van der Waals surface area contributed by atoms with Gasteiger partial charge in [-0.15, -0.1) is 0 Å². The van der Waals surface area contributed by atoms with Crippen LogP contribution in [0, 0.1) is 11.6 Å². The van der Waals surface area contributed by atoms with E-state index in [0.717, 1.165) is 6.07 Å². The Morgan fingerprint density at radius 2 is 1.72 bits per heavy atom. The van der Waals surface area contributed by atoms with Gasteiger partial charge in [0.2, 0.25) is 0 Å². The minimum absolute atomic E-state index is 0.000463. The summed E-state index contributed by atoms with van der Waals surface area (Å²) in [5.41, 5.74) is 0.766. The van der Waals surface area contributed by atoms with Gasteiger partial charge >= 0.3 is 0 Å². The highest BCUT2D eigenvalue weighted by Gasteiger charge is 2.04. The Morgan fingerprint density at radius 3 is 2.39 bits per heavy atom. The number of hydrogen-bond donors (Lipinski definition) is 0. The van der Waals surface area contributed by atoms with Crippen molar-refractivity contribution >= 4 is 6.29 Å². The Hall–Kier alpha value is -2.23. The van der Waals surface area contributed by atoms with Crippen LogP contribution in [0.4, 0.5) is 8.78 Å². The summed E-state index contributed by atoms with van der Waals surface area (Å²) in [6, 6.07) is 9.82. The van der Waals surface area contributed by atoms with Gasteiger partial charge in [-0.1, -0.05) is 12.1 Å². The molecule has 0 saturated heterocycles. The van der Waals surface area contributed by atoms with Crippen LogP contribution in [0.1, 0.15) is 15.9 Å². The molecule has 0 atom stereocenters. The highest BCUT2D eigenvalue weighted by molar-refractivity contribution is 5.79. The molecular weight excluding hydrogens is 238 g/mol. The maximum atomic E-state index is 12.9. The van der Waals surface area contributed by atoms with Gasteiger partial charge < -0.3 is 4.74 Å². The number of halogens is 2. The van der Waals surface area contributed by atoms with Crippen LogP contribution in [0.5, 0.6) is 5.75 Å². The van der Waals surface area contributed by atoms with Crippen molar-refractivity contribution in [3.05, 3.63) is 65.2 Å². The molecule has 0 saturated carbocycles. The number of carbonyl (C=O) groups excluding carboxylic acids is 1. The number of carbonyl (C=O) groups is 1. The van der Waals surface area contributed by atoms with Crippen molar-refractivity contribution in [2.75, 3.05) is 0 Å². The van der Waals surface area contributed by atoms with Crippen molar-refractivity contribution in [2.24, 2.45) is 0 Å². The summed E-state index contributed by atoms with van der Waals surface area (Å²) in [7, 11) is 0. The van der Waals surface area contributed by atoms with Gasteiger partial charge in [-0.2, -0.15) is 0 Å². The van der Waals surface area contributed by atoms with Gasteiger partial charge in [0.1, 0.15) is 24.0 Å². The van der Waals surface area contributed by atoms with Crippen LogP contribution in [0.25, 0.3) is 0 Å². The van der Waals surface area contributed by atoms with Crippen molar-refractivity contribution < 1.29 is 18.3 Å². The standard InChI is InChI=1S/C14H10F2O2/c15-12-5-10(6-13(16)7-12)9-18-14-4-2-1-3-11(14)8-17/h1-8H,9H2. The fourth-order valence-electron chi connectivity index (χ4n) is 1.56. The molecule has 0 unspecified atom stereocenters. The maximum absolute atomic E-state index is 12.9. The van der Waals surface area contributed by atoms with E-state index < -0.39 is 11.6 Å². The largest absolute Gasteiger partial charge is 0.488 e. The van der Waals surface area contributed by atoms with E-state index in [0.29, 0.717) is 23.2 Å². The van der Waals surface area contributed by atoms with E-state index in [-0.39, 0.29) is 6.61 Å². The smallest absolute Gasteiger partial charge is 0.153 e. The number of aldehydes is 1. The topological polar surface area (TPSA) is 26.3 Å². The van der Waals surface area contributed by atoms with Crippen molar-refractivity contribution in [2.45, 2.75) is 6.61 Å². The Balaban J connectivity index is 2.13. The molecule has 2 rings (SSSR count). The number of benzene rings is 2. The normalized spacial score (nSPS) is 10.1. The molecule has 0 aromatic heterocycles. The first-order chi connectivity index (χ1) is 8.69. The van der Waals surface area contributed by atoms with E-state index in [1.54, 1.807) is 24.3 Å². The third-order valence-electron chi connectivity index (χ3n) is 2.36. The SMILES string of the molecule is O=Cc1ccccc1OCc1cc(F)cc(F)c1. The van der Waals surface area contributed by atoms with Gasteiger partial charge in [-0.25, -0.2) is 8.78 Å². The molecule has 2 aromatic carbocycles. The summed E-state index contributed by atoms with van der Waals surface area (Å²) in [4.78, 5) is 10.7. The Kier molecular flexibility index (Phi) is 3.67. The highest BCUT2D eigenvalue weighted by atomic mass is 19.1. The third kappa shape index (κ3) is 2.91. The quantitative estimate of drug-likeness (QED) is 0.775. The van der Waals surface area contributed by atoms with Crippen LogP contribution in [-0.4, -0.2) is 6.29 Å². The second-order valence-electron chi connectivity index (χ2n) is 3.72. The number of rotatable bonds is 4. The molecule has 4 heteroatoms. The lowest BCUT2D eigenvalue weighted by molar-refractivity contribution is 0.111. The summed E-state index contributed by atoms with van der Waals surface area (Å²) in [5.74, 6) is -0.924. The summed E-state index contributed by atoms with van der Waals surface area (Å²) >= 11 is 0. The summed E-state index contributed by atoms with van der Waals surface area (Å²) in [6.45, 7) is -0.000463. The van der Waals surface area contributed by atoms with Crippen LogP contribution in [0.2, 0.25) is 0 Å². The predicted octanol–water partition coefficient (Wildman–Crippen LogP) is 3.36. The van der Waals surface area contributed by atoms with E-state index in [4.69, 9.17) is 4.74 Å². The van der Waals surface area contributed by atoms with E-state index in [1.807, 2.05) is 0 Å². The van der Waals surface area contributed by atoms with Crippen molar-refractivity contribution in [3.63, 3.8) is 0 Å². The van der Waals surface area contributed by atoms with Crippen LogP contribution in [0.3, 0.4) is 0 Å². The molecule has 0 aliphatic heterocycles. The lowest BCUT2D eigenvalue weighted by atomic mass is 10.2. The summed E-state index contributed by atoms with van der Waals surface area (Å²) in [5, 5.41) is 0. The van der Waals surface area contributed by atoms with Gasteiger partial charge in [0.25, 0.3) is 0 Å². The minimum Gasteiger partial charge on any atom is -0.488 e. The number of para-hydroxylation sites is 1. The molecule has 92 valence electrons. The zero-order valence-corrected chi connectivity index (χ0v) is 9.40. The van der Waals surface area contributed by atoms with E-state index >= 15 is 0 Å². The first kappa shape index (κ1) is 12.2. The fourth-order valence-corrected chi connectivity index (χ4v) is 1.56. The van der Waals surface area contributed by atoms with Gasteiger partial charge in [0, 0.05) is 6.07 Å². The van der Waals surface area contributed by atoms with Crippen molar-refractivity contribution in [1.29, 1.82) is 0 Å². The van der Waals surface area contributed by atoms with Crippen LogP contribution in [-0.2, 0) is 6.61 Å². The van der Waals surface area contributed by atoms with Crippen molar-refractivity contribution in [3.8, 4) is 5.75 Å². The lowest BCUT2D eigenvalue weighted by Gasteiger charge is -2.08. The fraction of sp³-hybridized carbons (Fsp3) is 0.0714. The van der Waals surface area contributed by atoms with Crippen LogP contribution >= 0.6 is 0 Å². The van der Waals surface area contributed by atoms with E-state index in [9.17, 15) is 13.6 Å². The Labute approximate surface area is 103 Å². The second-order valence-corrected chi connectivity index (χ2v) is 3.72. The molecule has 0 aliphatic rings. The molecule has 0 bridgehead atoms. The monoisotopic (exact) mass is 248 g/mol. The average Bonchev–Trinajstić information content (AvgIpc) is 2.35. The minimum atomic E-state index is -0.655. The Bertz CT molecular complexity index is 547. The molecule has 0 radical (unpaired) electrons. The zero-order chi connectivity index (χ0) is 13.0. The third-order valence-corrected chi connectivity index (χ3v) is 2.36. The van der Waals surface area contributed by atoms with E-state index in [1.165, 1.54) is 12.1 Å². The molecule has 0 N–H and O–H groups in total. The molecule has 18 heavy (non-hydrogen) atoms. The highest BCUT2D eigenvalue weighted by Crippen LogP contribution is 2.18. The molecule has 0 amide bonds. The van der Waals surface area contributed by atoms with Crippen LogP contribution in [0.15, 0.2) is 42.5 Å².